The molecule has 0 aliphatic heterocycles. The van der Waals surface area contributed by atoms with E-state index in [2.05, 4.69) is 25.6 Å². The number of aromatic nitrogens is 3. The minimum Gasteiger partial charge on any atom is -0.357 e. The number of nitrogens with one attached hydrogen (secondary N) is 2. The lowest BCUT2D eigenvalue weighted by molar-refractivity contribution is -0.137. The molecule has 0 aliphatic carbocycles. The quantitative estimate of drug-likeness (QED) is 0.266. The van der Waals surface area contributed by atoms with E-state index < -0.39 is 11.7 Å². The minimum atomic E-state index is -4.31. The van der Waals surface area contributed by atoms with Gasteiger partial charge in [0.25, 0.3) is 0 Å². The second-order valence-electron chi connectivity index (χ2n) is 6.56. The summed E-state index contributed by atoms with van der Waals surface area (Å²) < 4.78 is 39.7. The maximum atomic E-state index is 12.6. The fourth-order valence-electron chi connectivity index (χ4n) is 2.76. The zero-order valence-electron chi connectivity index (χ0n) is 16.9. The number of benzene rings is 1. The van der Waals surface area contributed by atoms with Crippen molar-refractivity contribution in [3.05, 3.63) is 78.0 Å². The van der Waals surface area contributed by atoms with Crippen LogP contribution in [0.3, 0.4) is 0 Å². The second-order valence-corrected chi connectivity index (χ2v) is 6.56. The van der Waals surface area contributed by atoms with E-state index >= 15 is 0 Å². The Hall–Kier alpha value is -2.63. The molecule has 2 aromatic heterocycles. The van der Waals surface area contributed by atoms with Gasteiger partial charge in [0.1, 0.15) is 12.1 Å². The summed E-state index contributed by atoms with van der Waals surface area (Å²) >= 11 is 0. The van der Waals surface area contributed by atoms with Crippen molar-refractivity contribution in [3.63, 3.8) is 0 Å². The molecule has 166 valence electrons. The normalized spacial score (nSPS) is 11.7. The van der Waals surface area contributed by atoms with Crippen LogP contribution in [0.5, 0.6) is 0 Å². The Bertz CT molecular complexity index is 939. The third-order valence-corrected chi connectivity index (χ3v) is 4.33. The van der Waals surface area contributed by atoms with E-state index in [4.69, 9.17) is 0 Å². The monoisotopic (exact) mass is 544 g/mol. The van der Waals surface area contributed by atoms with E-state index in [1.165, 1.54) is 12.1 Å². The Balaban J connectivity index is 0.00000341. The first-order valence-electron chi connectivity index (χ1n) is 9.57. The highest BCUT2D eigenvalue weighted by Gasteiger charge is 2.29. The zero-order valence-corrected chi connectivity index (χ0v) is 19.3. The van der Waals surface area contributed by atoms with Gasteiger partial charge in [0.05, 0.1) is 12.1 Å². The van der Waals surface area contributed by atoms with Crippen molar-refractivity contribution in [2.45, 2.75) is 26.1 Å². The predicted octanol–water partition coefficient (Wildman–Crippen LogP) is 4.20. The molecule has 0 fully saturated rings. The van der Waals surface area contributed by atoms with Crippen molar-refractivity contribution in [1.29, 1.82) is 0 Å². The summed E-state index contributed by atoms with van der Waals surface area (Å²) in [6.07, 6.45) is 3.24. The average molecular weight is 544 g/mol. The first-order valence-corrected chi connectivity index (χ1v) is 9.57. The van der Waals surface area contributed by atoms with Gasteiger partial charge in [0.15, 0.2) is 5.96 Å². The maximum Gasteiger partial charge on any atom is 0.416 e. The first kappa shape index (κ1) is 24.6. The predicted molar refractivity (Wildman–Crippen MR) is 125 cm³/mol. The third-order valence-electron chi connectivity index (χ3n) is 4.33. The van der Waals surface area contributed by atoms with Gasteiger partial charge in [-0.1, -0.05) is 18.2 Å². The summed E-state index contributed by atoms with van der Waals surface area (Å²) in [5.41, 5.74) is 1.14. The molecule has 2 heterocycles. The Morgan fingerprint density at radius 2 is 1.81 bits per heavy atom. The number of rotatable bonds is 7. The van der Waals surface area contributed by atoms with Gasteiger partial charge in [0.2, 0.25) is 0 Å². The number of aliphatic imine (C=N–C) groups is 1. The lowest BCUT2D eigenvalue weighted by atomic mass is 10.1. The number of guanidine groups is 1. The van der Waals surface area contributed by atoms with Crippen LogP contribution in [0.4, 0.5) is 13.2 Å². The number of pyridine rings is 1. The molecule has 31 heavy (non-hydrogen) atoms. The molecule has 2 N–H and O–H groups in total. The number of hydrogen-bond acceptors (Lipinski definition) is 3. The van der Waals surface area contributed by atoms with Gasteiger partial charge >= 0.3 is 6.18 Å². The van der Waals surface area contributed by atoms with Crippen LogP contribution in [-0.2, 0) is 19.1 Å². The zero-order chi connectivity index (χ0) is 21.4. The third kappa shape index (κ3) is 7.53. The second kappa shape index (κ2) is 11.7. The highest BCUT2D eigenvalue weighted by atomic mass is 127. The molecule has 1 aromatic carbocycles. The van der Waals surface area contributed by atoms with Crippen LogP contribution in [0.15, 0.2) is 66.3 Å². The highest BCUT2D eigenvalue weighted by molar-refractivity contribution is 14.0. The van der Waals surface area contributed by atoms with Crippen LogP contribution in [0, 0.1) is 0 Å². The highest BCUT2D eigenvalue weighted by Crippen LogP contribution is 2.29. The summed E-state index contributed by atoms with van der Waals surface area (Å²) in [4.78, 5) is 12.9. The van der Waals surface area contributed by atoms with Crippen LogP contribution in [0.1, 0.15) is 23.6 Å². The molecule has 3 aromatic rings. The SMILES string of the molecule is CCNC(=NCc1ccc(-n2ccnc2)nc1)NCCc1ccc(C(F)(F)F)cc1.I. The number of nitrogens with zero attached hydrogens (tertiary/aromatic N) is 4. The van der Waals surface area contributed by atoms with E-state index in [-0.39, 0.29) is 24.0 Å². The van der Waals surface area contributed by atoms with E-state index in [9.17, 15) is 13.2 Å². The molecular formula is C21H24F3IN6. The van der Waals surface area contributed by atoms with Crippen molar-refractivity contribution >= 4 is 29.9 Å². The first-order chi connectivity index (χ1) is 14.5. The van der Waals surface area contributed by atoms with Crippen molar-refractivity contribution in [2.24, 2.45) is 4.99 Å². The van der Waals surface area contributed by atoms with Gasteiger partial charge in [-0.2, -0.15) is 13.2 Å². The lowest BCUT2D eigenvalue weighted by Crippen LogP contribution is -2.38. The Kier molecular flexibility index (Phi) is 9.28. The molecular weight excluding hydrogens is 520 g/mol. The Morgan fingerprint density at radius 1 is 1.06 bits per heavy atom. The van der Waals surface area contributed by atoms with Gasteiger partial charge in [-0.25, -0.2) is 15.0 Å². The number of imidazole rings is 1. The summed E-state index contributed by atoms with van der Waals surface area (Å²) in [6, 6.07) is 9.07. The van der Waals surface area contributed by atoms with Crippen molar-refractivity contribution in [1.82, 2.24) is 25.2 Å². The van der Waals surface area contributed by atoms with Crippen LogP contribution < -0.4 is 10.6 Å². The molecule has 6 nitrogen and oxygen atoms in total. The molecule has 10 heteroatoms. The van der Waals surface area contributed by atoms with Crippen molar-refractivity contribution in [3.8, 4) is 5.82 Å². The lowest BCUT2D eigenvalue weighted by Gasteiger charge is -2.12. The minimum absolute atomic E-state index is 0. The summed E-state index contributed by atoms with van der Waals surface area (Å²) in [5.74, 6) is 1.42. The van der Waals surface area contributed by atoms with E-state index in [0.717, 1.165) is 29.1 Å². The fourth-order valence-corrected chi connectivity index (χ4v) is 2.76. The Labute approximate surface area is 196 Å². The summed E-state index contributed by atoms with van der Waals surface area (Å²) in [7, 11) is 0. The van der Waals surface area contributed by atoms with Crippen LogP contribution >= 0.6 is 24.0 Å². The van der Waals surface area contributed by atoms with Crippen molar-refractivity contribution in [2.75, 3.05) is 13.1 Å². The summed E-state index contributed by atoms with van der Waals surface area (Å²) in [5, 5.41) is 6.36. The van der Waals surface area contributed by atoms with Crippen LogP contribution in [0.2, 0.25) is 0 Å². The molecule has 3 rings (SSSR count). The topological polar surface area (TPSA) is 67.1 Å². The molecule has 0 bridgehead atoms. The van der Waals surface area contributed by atoms with Gasteiger partial charge < -0.3 is 10.6 Å². The Morgan fingerprint density at radius 3 is 2.39 bits per heavy atom. The molecule has 0 radical (unpaired) electrons. The fraction of sp³-hybridized carbons (Fsp3) is 0.286. The number of hydrogen-bond donors (Lipinski definition) is 2. The van der Waals surface area contributed by atoms with E-state index in [1.54, 1.807) is 18.7 Å². The smallest absolute Gasteiger partial charge is 0.357 e. The number of halogens is 4. The molecule has 0 spiro atoms. The van der Waals surface area contributed by atoms with Gasteiger partial charge in [-0.15, -0.1) is 24.0 Å². The van der Waals surface area contributed by atoms with Crippen molar-refractivity contribution < 1.29 is 13.2 Å². The molecule has 0 atom stereocenters. The molecule has 0 amide bonds. The largest absolute Gasteiger partial charge is 0.416 e. The van der Waals surface area contributed by atoms with Gasteiger partial charge in [0, 0.05) is 31.7 Å². The van der Waals surface area contributed by atoms with Crippen LogP contribution in [-0.4, -0.2) is 33.6 Å². The molecule has 0 saturated heterocycles. The number of alkyl halides is 3. The average Bonchev–Trinajstić information content (AvgIpc) is 3.27. The standard InChI is InChI=1S/C21H23F3N6.HI/c1-2-26-20(27-10-9-16-3-6-18(7-4-16)21(22,23)24)29-14-17-5-8-19(28-13-17)30-12-11-25-15-30;/h3-8,11-13,15H,2,9-10,14H2,1H3,(H2,26,27,29);1H. The van der Waals surface area contributed by atoms with Gasteiger partial charge in [-0.3, -0.25) is 4.57 Å². The van der Waals surface area contributed by atoms with Gasteiger partial charge in [-0.05, 0) is 42.7 Å². The van der Waals surface area contributed by atoms with E-state index in [0.29, 0.717) is 32.0 Å². The maximum absolute atomic E-state index is 12.6. The molecule has 0 unspecified atom stereocenters. The molecule has 0 saturated carbocycles. The molecule has 0 aliphatic rings. The van der Waals surface area contributed by atoms with Crippen LogP contribution in [0.25, 0.3) is 5.82 Å². The van der Waals surface area contributed by atoms with E-state index in [1.807, 2.05) is 29.8 Å². The summed E-state index contributed by atoms with van der Waals surface area (Å²) in [6.45, 7) is 3.67.